The van der Waals surface area contributed by atoms with Gasteiger partial charge < -0.3 is 9.64 Å². The topological polar surface area (TPSA) is 29.5 Å². The first-order valence-corrected chi connectivity index (χ1v) is 6.61. The van der Waals surface area contributed by atoms with Gasteiger partial charge in [0.2, 0.25) is 5.91 Å². The number of carbonyl (C=O) groups excluding carboxylic acids is 1. The Morgan fingerprint density at radius 1 is 1.39 bits per heavy atom. The van der Waals surface area contributed by atoms with E-state index in [-0.39, 0.29) is 5.91 Å². The van der Waals surface area contributed by atoms with Crippen LogP contribution in [0.1, 0.15) is 23.1 Å². The number of carbonyl (C=O) groups is 1. The number of benzene rings is 1. The molecule has 0 aliphatic heterocycles. The summed E-state index contributed by atoms with van der Waals surface area (Å²) in [7, 11) is 3.47. The Morgan fingerprint density at radius 2 is 2.06 bits per heavy atom. The maximum absolute atomic E-state index is 11.8. The molecule has 18 heavy (non-hydrogen) atoms. The van der Waals surface area contributed by atoms with E-state index in [1.54, 1.807) is 12.0 Å². The van der Waals surface area contributed by atoms with Crippen molar-refractivity contribution < 1.29 is 9.53 Å². The molecule has 0 unspecified atom stereocenters. The van der Waals surface area contributed by atoms with E-state index >= 15 is 0 Å². The smallest absolute Gasteiger partial charge is 0.223 e. The molecular weight excluding hydrogens is 246 g/mol. The van der Waals surface area contributed by atoms with Crippen LogP contribution in [0.15, 0.2) is 12.1 Å². The molecule has 0 spiro atoms. The highest BCUT2D eigenvalue weighted by atomic mass is 32.1. The molecule has 0 bridgehead atoms. The van der Waals surface area contributed by atoms with Crippen LogP contribution in [0, 0.1) is 13.8 Å². The van der Waals surface area contributed by atoms with Crippen molar-refractivity contribution in [2.45, 2.75) is 26.8 Å². The first-order chi connectivity index (χ1) is 8.49. The van der Waals surface area contributed by atoms with Crippen LogP contribution in [0.4, 0.5) is 0 Å². The summed E-state index contributed by atoms with van der Waals surface area (Å²) >= 11 is 4.08. The molecule has 0 aromatic heterocycles. The highest BCUT2D eigenvalue weighted by Crippen LogP contribution is 2.25. The van der Waals surface area contributed by atoms with Gasteiger partial charge in [-0.2, -0.15) is 12.6 Å². The predicted octanol–water partition coefficient (Wildman–Crippen LogP) is 2.59. The molecule has 0 aliphatic carbocycles. The molecular formula is C14H21NO2S. The van der Waals surface area contributed by atoms with E-state index in [9.17, 15) is 4.79 Å². The van der Waals surface area contributed by atoms with Crippen molar-refractivity contribution in [1.29, 1.82) is 0 Å². The summed E-state index contributed by atoms with van der Waals surface area (Å²) in [5.74, 6) is 1.53. The quantitative estimate of drug-likeness (QED) is 0.831. The molecule has 0 fully saturated rings. The Kier molecular flexibility index (Phi) is 5.54. The minimum Gasteiger partial charge on any atom is -0.496 e. The molecule has 0 N–H and O–H groups in total. The van der Waals surface area contributed by atoms with Gasteiger partial charge in [-0.1, -0.05) is 6.07 Å². The molecule has 0 heterocycles. The lowest BCUT2D eigenvalue weighted by Crippen LogP contribution is -2.26. The van der Waals surface area contributed by atoms with Crippen LogP contribution < -0.4 is 4.74 Å². The lowest BCUT2D eigenvalue weighted by molar-refractivity contribution is -0.129. The van der Waals surface area contributed by atoms with Gasteiger partial charge in [-0.25, -0.2) is 0 Å². The standard InChI is InChI=1S/C14H21NO2S/c1-10-7-11(2)12(13(8-10)17-4)9-15(3)14(16)5-6-18/h7-8,18H,5-6,9H2,1-4H3. The highest BCUT2D eigenvalue weighted by Gasteiger charge is 2.13. The van der Waals surface area contributed by atoms with Crippen molar-refractivity contribution in [3.63, 3.8) is 0 Å². The molecule has 100 valence electrons. The number of aryl methyl sites for hydroxylation is 2. The summed E-state index contributed by atoms with van der Waals surface area (Å²) in [5, 5.41) is 0. The zero-order chi connectivity index (χ0) is 13.7. The van der Waals surface area contributed by atoms with Gasteiger partial charge in [0.15, 0.2) is 0 Å². The van der Waals surface area contributed by atoms with E-state index in [1.807, 2.05) is 27.0 Å². The molecule has 0 saturated heterocycles. The third-order valence-corrected chi connectivity index (χ3v) is 3.17. The van der Waals surface area contributed by atoms with E-state index in [4.69, 9.17) is 4.74 Å². The summed E-state index contributed by atoms with van der Waals surface area (Å²) in [6.07, 6.45) is 0.465. The van der Waals surface area contributed by atoms with Crippen LogP contribution in [-0.4, -0.2) is 30.7 Å². The first-order valence-electron chi connectivity index (χ1n) is 5.98. The molecule has 3 nitrogen and oxygen atoms in total. The highest BCUT2D eigenvalue weighted by molar-refractivity contribution is 7.80. The Morgan fingerprint density at radius 3 is 2.61 bits per heavy atom. The number of thiol groups is 1. The fraction of sp³-hybridized carbons (Fsp3) is 0.500. The second-order valence-corrected chi connectivity index (χ2v) is 4.93. The number of methoxy groups -OCH3 is 1. The second kappa shape index (κ2) is 6.69. The van der Waals surface area contributed by atoms with Gasteiger partial charge in [0, 0.05) is 25.6 Å². The van der Waals surface area contributed by atoms with Crippen molar-refractivity contribution in [3.8, 4) is 5.75 Å². The first kappa shape index (κ1) is 14.9. The molecule has 0 aliphatic rings. The van der Waals surface area contributed by atoms with Gasteiger partial charge in [0.05, 0.1) is 7.11 Å². The van der Waals surface area contributed by atoms with Crippen LogP contribution in [0.25, 0.3) is 0 Å². The Balaban J connectivity index is 2.93. The van der Waals surface area contributed by atoms with Crippen molar-refractivity contribution in [3.05, 3.63) is 28.8 Å². The average molecular weight is 267 g/mol. The van der Waals surface area contributed by atoms with Crippen molar-refractivity contribution in [2.24, 2.45) is 0 Å². The number of hydrogen-bond donors (Lipinski definition) is 1. The largest absolute Gasteiger partial charge is 0.496 e. The molecule has 1 rings (SSSR count). The fourth-order valence-corrected chi connectivity index (χ4v) is 2.15. The number of ether oxygens (including phenoxy) is 1. The molecule has 1 aromatic carbocycles. The monoisotopic (exact) mass is 267 g/mol. The van der Waals surface area contributed by atoms with Crippen LogP contribution in [0.3, 0.4) is 0 Å². The third-order valence-electron chi connectivity index (χ3n) is 2.94. The lowest BCUT2D eigenvalue weighted by atomic mass is 10.0. The van der Waals surface area contributed by atoms with Crippen molar-refractivity contribution >= 4 is 18.5 Å². The summed E-state index contributed by atoms with van der Waals surface area (Å²) in [4.78, 5) is 13.5. The molecule has 4 heteroatoms. The van der Waals surface area contributed by atoms with E-state index < -0.39 is 0 Å². The van der Waals surface area contributed by atoms with Gasteiger partial charge in [0.25, 0.3) is 0 Å². The second-order valence-electron chi connectivity index (χ2n) is 4.49. The van der Waals surface area contributed by atoms with E-state index in [1.165, 1.54) is 0 Å². The van der Waals surface area contributed by atoms with Crippen LogP contribution >= 0.6 is 12.6 Å². The molecule has 0 saturated carbocycles. The van der Waals surface area contributed by atoms with Crippen LogP contribution in [-0.2, 0) is 11.3 Å². The zero-order valence-electron chi connectivity index (χ0n) is 11.5. The maximum atomic E-state index is 11.8. The SMILES string of the molecule is COc1cc(C)cc(C)c1CN(C)C(=O)CCS. The van der Waals surface area contributed by atoms with Crippen LogP contribution in [0.2, 0.25) is 0 Å². The van der Waals surface area contributed by atoms with Crippen molar-refractivity contribution in [1.82, 2.24) is 4.90 Å². The van der Waals surface area contributed by atoms with E-state index in [0.29, 0.717) is 18.7 Å². The van der Waals surface area contributed by atoms with E-state index in [0.717, 1.165) is 22.4 Å². The summed E-state index contributed by atoms with van der Waals surface area (Å²) in [5.41, 5.74) is 3.38. The molecule has 0 radical (unpaired) electrons. The number of amides is 1. The predicted molar refractivity (Wildman–Crippen MR) is 77.4 cm³/mol. The lowest BCUT2D eigenvalue weighted by Gasteiger charge is -2.20. The normalized spacial score (nSPS) is 10.3. The summed E-state index contributed by atoms with van der Waals surface area (Å²) in [6, 6.07) is 4.11. The Labute approximate surface area is 115 Å². The Hall–Kier alpha value is -1.16. The molecule has 1 amide bonds. The average Bonchev–Trinajstić information content (AvgIpc) is 2.32. The van der Waals surface area contributed by atoms with Gasteiger partial charge in [-0.15, -0.1) is 0 Å². The summed E-state index contributed by atoms with van der Waals surface area (Å²) < 4.78 is 5.39. The van der Waals surface area contributed by atoms with Gasteiger partial charge >= 0.3 is 0 Å². The maximum Gasteiger partial charge on any atom is 0.223 e. The third kappa shape index (κ3) is 3.67. The van der Waals surface area contributed by atoms with Gasteiger partial charge in [0.1, 0.15) is 5.75 Å². The molecule has 1 aromatic rings. The zero-order valence-corrected chi connectivity index (χ0v) is 12.4. The van der Waals surface area contributed by atoms with Gasteiger partial charge in [-0.3, -0.25) is 4.79 Å². The fourth-order valence-electron chi connectivity index (χ4n) is 1.96. The number of nitrogens with zero attached hydrogens (tertiary/aromatic N) is 1. The number of hydrogen-bond acceptors (Lipinski definition) is 3. The minimum absolute atomic E-state index is 0.104. The molecule has 0 atom stereocenters. The van der Waals surface area contributed by atoms with Crippen LogP contribution in [0.5, 0.6) is 5.75 Å². The minimum atomic E-state index is 0.104. The van der Waals surface area contributed by atoms with Gasteiger partial charge in [-0.05, 0) is 36.8 Å². The van der Waals surface area contributed by atoms with Crippen molar-refractivity contribution in [2.75, 3.05) is 19.9 Å². The summed E-state index contributed by atoms with van der Waals surface area (Å²) in [6.45, 7) is 4.65. The Bertz CT molecular complexity index is 432. The number of rotatable bonds is 5. The van der Waals surface area contributed by atoms with E-state index in [2.05, 4.69) is 18.7 Å².